The third-order valence-corrected chi connectivity index (χ3v) is 7.40. The van der Waals surface area contributed by atoms with E-state index in [1.54, 1.807) is 0 Å². The summed E-state index contributed by atoms with van der Waals surface area (Å²) >= 11 is 2.94. The van der Waals surface area contributed by atoms with Gasteiger partial charge in [0, 0.05) is 5.69 Å². The number of aryl methyl sites for hydroxylation is 1. The molecule has 0 spiro atoms. The van der Waals surface area contributed by atoms with Crippen LogP contribution in [0.1, 0.15) is 18.3 Å². The Hall–Kier alpha value is -2.68. The molecule has 0 saturated carbocycles. The lowest BCUT2D eigenvalue weighted by molar-refractivity contribution is -0.200. The molecule has 15 heteroatoms. The summed E-state index contributed by atoms with van der Waals surface area (Å²) in [6.45, 7) is 2.64. The number of hydrogen-bond acceptors (Lipinski definition) is 5. The van der Waals surface area contributed by atoms with Crippen LogP contribution in [0.4, 0.5) is 26.3 Å². The molecular weight excluding hydrogens is 544 g/mol. The second-order valence-electron chi connectivity index (χ2n) is 6.92. The van der Waals surface area contributed by atoms with E-state index in [-0.39, 0.29) is 20.1 Å². The number of hydrogen-bond donors (Lipinski definition) is 0. The first-order valence-corrected chi connectivity index (χ1v) is 11.6. The van der Waals surface area contributed by atoms with Crippen LogP contribution < -0.4 is 0 Å². The van der Waals surface area contributed by atoms with Crippen LogP contribution in [0.2, 0.25) is 0 Å². The van der Waals surface area contributed by atoms with Crippen LogP contribution in [-0.4, -0.2) is 38.1 Å². The van der Waals surface area contributed by atoms with Gasteiger partial charge in [-0.3, -0.25) is 4.40 Å². The Morgan fingerprint density at radius 3 is 2.24 bits per heavy atom. The molecule has 0 saturated heterocycles. The predicted molar refractivity (Wildman–Crippen MR) is 108 cm³/mol. The summed E-state index contributed by atoms with van der Waals surface area (Å²) in [5.74, 6) is -1.72. The lowest BCUT2D eigenvalue weighted by Gasteiger charge is -2.15. The Bertz CT molecular complexity index is 1520. The zero-order valence-corrected chi connectivity index (χ0v) is 19.0. The number of alkyl halides is 6. The average molecular weight is 556 g/mol. The first kappa shape index (κ1) is 23.5. The second-order valence-corrected chi connectivity index (χ2v) is 9.97. The van der Waals surface area contributed by atoms with Gasteiger partial charge in [0.05, 0.1) is 10.2 Å². The minimum absolute atomic E-state index is 0.186. The highest BCUT2D eigenvalue weighted by Crippen LogP contribution is 2.42. The SMILES string of the molecule is CCS(=O)(=O)c1c(Br)ccc2nc(-c3nc4ccc(C)nc4n3C(F)(F)F)c(C(F)(F)F)n12. The Morgan fingerprint density at radius 1 is 1.00 bits per heavy atom. The zero-order chi connectivity index (χ0) is 24.5. The molecule has 0 N–H and O–H groups in total. The number of fused-ring (bicyclic) bond motifs is 2. The highest BCUT2D eigenvalue weighted by Gasteiger charge is 2.45. The highest BCUT2D eigenvalue weighted by molar-refractivity contribution is 9.10. The fourth-order valence-corrected chi connectivity index (χ4v) is 5.52. The third-order valence-electron chi connectivity index (χ3n) is 4.74. The van der Waals surface area contributed by atoms with Gasteiger partial charge in [0.1, 0.15) is 16.9 Å². The van der Waals surface area contributed by atoms with E-state index < -0.39 is 66.2 Å². The van der Waals surface area contributed by atoms with E-state index in [1.807, 2.05) is 0 Å². The van der Waals surface area contributed by atoms with E-state index in [4.69, 9.17) is 0 Å². The van der Waals surface area contributed by atoms with E-state index in [2.05, 4.69) is 30.9 Å². The van der Waals surface area contributed by atoms with E-state index in [0.717, 1.165) is 12.1 Å². The summed E-state index contributed by atoms with van der Waals surface area (Å²) in [5.41, 5.74) is -4.22. The van der Waals surface area contributed by atoms with Gasteiger partial charge in [0.25, 0.3) is 0 Å². The van der Waals surface area contributed by atoms with Gasteiger partial charge in [-0.2, -0.15) is 13.2 Å². The van der Waals surface area contributed by atoms with Gasteiger partial charge in [-0.15, -0.1) is 13.2 Å². The van der Waals surface area contributed by atoms with Crippen LogP contribution in [-0.2, 0) is 22.3 Å². The van der Waals surface area contributed by atoms with Crippen molar-refractivity contribution in [1.82, 2.24) is 23.9 Å². The molecule has 0 aromatic carbocycles. The fraction of sp³-hybridized carbons (Fsp3) is 0.278. The van der Waals surface area contributed by atoms with Crippen molar-refractivity contribution in [3.63, 3.8) is 0 Å². The van der Waals surface area contributed by atoms with Gasteiger partial charge in [0.2, 0.25) is 0 Å². The van der Waals surface area contributed by atoms with Crippen molar-refractivity contribution in [2.24, 2.45) is 0 Å². The minimum atomic E-state index is -5.29. The first-order chi connectivity index (χ1) is 15.2. The quantitative estimate of drug-likeness (QED) is 0.328. The third kappa shape index (κ3) is 3.76. The Labute approximate surface area is 190 Å². The van der Waals surface area contributed by atoms with Gasteiger partial charge in [-0.25, -0.2) is 27.9 Å². The van der Waals surface area contributed by atoms with Crippen molar-refractivity contribution >= 4 is 42.6 Å². The molecule has 0 amide bonds. The lowest BCUT2D eigenvalue weighted by atomic mass is 10.3. The van der Waals surface area contributed by atoms with Crippen molar-refractivity contribution < 1.29 is 34.8 Å². The van der Waals surface area contributed by atoms with E-state index in [1.165, 1.54) is 26.0 Å². The summed E-state index contributed by atoms with van der Waals surface area (Å²) in [4.78, 5) is 11.3. The topological polar surface area (TPSA) is 82.2 Å². The van der Waals surface area contributed by atoms with E-state index >= 15 is 0 Å². The lowest BCUT2D eigenvalue weighted by Crippen LogP contribution is -2.21. The molecule has 33 heavy (non-hydrogen) atoms. The molecule has 0 bridgehead atoms. The Kier molecular flexibility index (Phi) is 5.27. The maximum atomic E-state index is 14.2. The molecule has 0 aliphatic heterocycles. The van der Waals surface area contributed by atoms with Crippen LogP contribution >= 0.6 is 15.9 Å². The largest absolute Gasteiger partial charge is 0.491 e. The molecule has 0 aliphatic carbocycles. The van der Waals surface area contributed by atoms with E-state index in [9.17, 15) is 34.8 Å². The number of aromatic nitrogens is 5. The normalized spacial score (nSPS) is 13.4. The first-order valence-electron chi connectivity index (χ1n) is 9.11. The van der Waals surface area contributed by atoms with Gasteiger partial charge < -0.3 is 0 Å². The maximum Gasteiger partial charge on any atom is 0.491 e. The predicted octanol–water partition coefficient (Wildman–Crippen LogP) is 5.11. The van der Waals surface area contributed by atoms with Gasteiger partial charge >= 0.3 is 12.5 Å². The van der Waals surface area contributed by atoms with Gasteiger partial charge in [-0.05, 0) is 47.1 Å². The molecule has 0 atom stereocenters. The minimum Gasteiger partial charge on any atom is -0.277 e. The molecule has 4 aromatic heterocycles. The Balaban J connectivity index is 2.24. The van der Waals surface area contributed by atoms with Crippen LogP contribution in [0.25, 0.3) is 28.3 Å². The number of imidazole rings is 2. The summed E-state index contributed by atoms with van der Waals surface area (Å²) < 4.78 is 110. The molecule has 0 fully saturated rings. The number of sulfone groups is 1. The summed E-state index contributed by atoms with van der Waals surface area (Å²) in [6.07, 6.45) is -10.5. The molecule has 4 heterocycles. The van der Waals surface area contributed by atoms with Crippen molar-refractivity contribution in [3.8, 4) is 11.5 Å². The molecule has 4 rings (SSSR count). The van der Waals surface area contributed by atoms with Crippen molar-refractivity contribution in [2.75, 3.05) is 5.75 Å². The number of halogens is 7. The standard InChI is InChI=1S/C18H12BrF6N5O2S/c1-3-33(31,32)16-9(19)5-7-11-28-12(13(29(11)16)17(20,21)22)15-27-10-6-4-8(2)26-14(10)30(15)18(23,24)25/h4-7H,3H2,1-2H3. The smallest absolute Gasteiger partial charge is 0.277 e. The van der Waals surface area contributed by atoms with Crippen LogP contribution in [0.3, 0.4) is 0 Å². The fourth-order valence-electron chi connectivity index (χ4n) is 3.37. The van der Waals surface area contributed by atoms with Crippen LogP contribution in [0.5, 0.6) is 0 Å². The maximum absolute atomic E-state index is 14.2. The number of nitrogens with zero attached hydrogens (tertiary/aromatic N) is 5. The Morgan fingerprint density at radius 2 is 1.67 bits per heavy atom. The average Bonchev–Trinajstić information content (AvgIpc) is 3.25. The number of pyridine rings is 2. The molecule has 176 valence electrons. The monoisotopic (exact) mass is 555 g/mol. The zero-order valence-electron chi connectivity index (χ0n) is 16.6. The summed E-state index contributed by atoms with van der Waals surface area (Å²) in [5, 5.41) is -0.780. The van der Waals surface area contributed by atoms with Crippen molar-refractivity contribution in [1.29, 1.82) is 0 Å². The summed E-state index contributed by atoms with van der Waals surface area (Å²) in [6, 6.07) is 4.76. The van der Waals surface area contributed by atoms with Crippen LogP contribution in [0.15, 0.2) is 33.8 Å². The van der Waals surface area contributed by atoms with Gasteiger partial charge in [-0.1, -0.05) is 6.92 Å². The summed E-state index contributed by atoms with van der Waals surface area (Å²) in [7, 11) is -4.26. The van der Waals surface area contributed by atoms with Crippen LogP contribution in [0, 0.1) is 6.92 Å². The molecule has 0 unspecified atom stereocenters. The van der Waals surface area contributed by atoms with Crippen molar-refractivity contribution in [3.05, 3.63) is 40.1 Å². The van der Waals surface area contributed by atoms with Crippen molar-refractivity contribution in [2.45, 2.75) is 31.3 Å². The molecule has 4 aromatic rings. The highest BCUT2D eigenvalue weighted by atomic mass is 79.9. The van der Waals surface area contributed by atoms with E-state index in [0.29, 0.717) is 0 Å². The molecule has 0 aliphatic rings. The molecule has 0 radical (unpaired) electrons. The number of rotatable bonds is 3. The molecule has 7 nitrogen and oxygen atoms in total. The molecular formula is C18H12BrF6N5O2S. The second kappa shape index (κ2) is 7.41. The van der Waals surface area contributed by atoms with Gasteiger partial charge in [0.15, 0.2) is 32.0 Å².